The Morgan fingerprint density at radius 3 is 0.833 bits per heavy atom. The molecule has 0 saturated heterocycles. The SMILES string of the molecule is Cc1ccc2c(c1)c1cc(C)ccc1n2-c1ccccc1.Cc1ccc2c(c1)c1cc(C)ccc1n2-c1ccccc1. The van der Waals surface area contributed by atoms with Crippen LogP contribution in [-0.2, 0) is 0 Å². The average molecular weight is 543 g/mol. The van der Waals surface area contributed by atoms with Crippen molar-refractivity contribution in [1.82, 2.24) is 9.13 Å². The van der Waals surface area contributed by atoms with Gasteiger partial charge < -0.3 is 9.13 Å². The molecule has 0 aliphatic carbocycles. The monoisotopic (exact) mass is 542 g/mol. The molecule has 0 spiro atoms. The molecule has 0 unspecified atom stereocenters. The summed E-state index contributed by atoms with van der Waals surface area (Å²) in [5, 5.41) is 5.32. The van der Waals surface area contributed by atoms with Crippen molar-refractivity contribution in [3.8, 4) is 11.4 Å². The Bertz CT molecular complexity index is 1930. The minimum Gasteiger partial charge on any atom is -0.309 e. The summed E-state index contributed by atoms with van der Waals surface area (Å²) >= 11 is 0. The van der Waals surface area contributed by atoms with E-state index in [-0.39, 0.29) is 0 Å². The topological polar surface area (TPSA) is 9.86 Å². The lowest BCUT2D eigenvalue weighted by atomic mass is 10.1. The molecule has 204 valence electrons. The zero-order chi connectivity index (χ0) is 28.8. The van der Waals surface area contributed by atoms with Gasteiger partial charge in [-0.1, -0.05) is 82.9 Å². The van der Waals surface area contributed by atoms with Crippen molar-refractivity contribution in [3.63, 3.8) is 0 Å². The Hall–Kier alpha value is -5.08. The van der Waals surface area contributed by atoms with Crippen LogP contribution in [0.3, 0.4) is 0 Å². The van der Waals surface area contributed by atoms with E-state index in [1.807, 2.05) is 0 Å². The molecule has 42 heavy (non-hydrogen) atoms. The molecular formula is C40H34N2. The molecule has 2 aromatic heterocycles. The van der Waals surface area contributed by atoms with Crippen molar-refractivity contribution in [2.75, 3.05) is 0 Å². The van der Waals surface area contributed by atoms with Crippen molar-refractivity contribution in [2.45, 2.75) is 27.7 Å². The zero-order valence-corrected chi connectivity index (χ0v) is 24.6. The molecule has 2 heteroatoms. The van der Waals surface area contributed by atoms with Crippen molar-refractivity contribution >= 4 is 43.6 Å². The standard InChI is InChI=1S/2C20H17N/c2*1-14-8-10-19-17(12-14)18-13-15(2)9-11-20(18)21(19)16-6-4-3-5-7-16/h2*3-13H,1-2H3. The first-order chi connectivity index (χ1) is 20.5. The highest BCUT2D eigenvalue weighted by molar-refractivity contribution is 6.10. The summed E-state index contributed by atoms with van der Waals surface area (Å²) in [6, 6.07) is 48.0. The summed E-state index contributed by atoms with van der Waals surface area (Å²) < 4.78 is 4.70. The molecule has 8 rings (SSSR count). The van der Waals surface area contributed by atoms with Gasteiger partial charge in [-0.05, 0) is 100 Å². The van der Waals surface area contributed by atoms with Gasteiger partial charge in [-0.15, -0.1) is 0 Å². The Morgan fingerprint density at radius 1 is 0.310 bits per heavy atom. The summed E-state index contributed by atoms with van der Waals surface area (Å²) in [4.78, 5) is 0. The molecule has 0 amide bonds. The minimum atomic E-state index is 1.21. The van der Waals surface area contributed by atoms with Gasteiger partial charge in [0.25, 0.3) is 0 Å². The highest BCUT2D eigenvalue weighted by Gasteiger charge is 2.13. The van der Waals surface area contributed by atoms with Crippen LogP contribution in [-0.4, -0.2) is 9.13 Å². The third-order valence-electron chi connectivity index (χ3n) is 8.18. The summed E-state index contributed by atoms with van der Waals surface area (Å²) in [6.45, 7) is 8.61. The van der Waals surface area contributed by atoms with Crippen LogP contribution in [0, 0.1) is 27.7 Å². The Morgan fingerprint density at radius 2 is 0.571 bits per heavy atom. The van der Waals surface area contributed by atoms with E-state index in [1.54, 1.807) is 0 Å². The molecule has 2 nitrogen and oxygen atoms in total. The van der Waals surface area contributed by atoms with Crippen LogP contribution in [0.1, 0.15) is 22.3 Å². The Labute approximate surface area is 247 Å². The van der Waals surface area contributed by atoms with Crippen LogP contribution in [0.15, 0.2) is 133 Å². The number of aryl methyl sites for hydroxylation is 4. The van der Waals surface area contributed by atoms with Crippen LogP contribution in [0.2, 0.25) is 0 Å². The van der Waals surface area contributed by atoms with Gasteiger partial charge in [0.15, 0.2) is 0 Å². The minimum absolute atomic E-state index is 1.21. The quantitative estimate of drug-likeness (QED) is 0.206. The number of hydrogen-bond donors (Lipinski definition) is 0. The normalized spacial score (nSPS) is 11.3. The van der Waals surface area contributed by atoms with Gasteiger partial charge in [0.2, 0.25) is 0 Å². The number of nitrogens with zero attached hydrogens (tertiary/aromatic N) is 2. The number of fused-ring (bicyclic) bond motifs is 6. The van der Waals surface area contributed by atoms with Gasteiger partial charge in [-0.3, -0.25) is 0 Å². The summed E-state index contributed by atoms with van der Waals surface area (Å²) in [5.74, 6) is 0. The predicted octanol–water partition coefficient (Wildman–Crippen LogP) is 10.8. The van der Waals surface area contributed by atoms with Crippen molar-refractivity contribution in [3.05, 3.63) is 156 Å². The molecule has 0 saturated carbocycles. The maximum Gasteiger partial charge on any atom is 0.0541 e. The largest absolute Gasteiger partial charge is 0.309 e. The maximum atomic E-state index is 2.35. The lowest BCUT2D eigenvalue weighted by Gasteiger charge is -2.07. The van der Waals surface area contributed by atoms with E-state index in [9.17, 15) is 0 Å². The fourth-order valence-corrected chi connectivity index (χ4v) is 6.21. The molecule has 0 aliphatic rings. The van der Waals surface area contributed by atoms with Crippen LogP contribution < -0.4 is 0 Å². The molecule has 2 heterocycles. The predicted molar refractivity (Wildman–Crippen MR) is 181 cm³/mol. The fraction of sp³-hybridized carbons (Fsp3) is 0.100. The summed E-state index contributed by atoms with van der Waals surface area (Å²) in [5.41, 5.74) is 12.7. The van der Waals surface area contributed by atoms with Crippen LogP contribution >= 0.6 is 0 Å². The van der Waals surface area contributed by atoms with E-state index < -0.39 is 0 Å². The molecule has 0 aliphatic heterocycles. The van der Waals surface area contributed by atoms with Crippen molar-refractivity contribution < 1.29 is 0 Å². The molecule has 6 aromatic carbocycles. The smallest absolute Gasteiger partial charge is 0.0541 e. The van der Waals surface area contributed by atoms with Crippen LogP contribution in [0.4, 0.5) is 0 Å². The molecule has 0 atom stereocenters. The van der Waals surface area contributed by atoms with E-state index in [2.05, 4.69) is 170 Å². The van der Waals surface area contributed by atoms with E-state index in [1.165, 1.54) is 77.2 Å². The number of rotatable bonds is 2. The first-order valence-corrected chi connectivity index (χ1v) is 14.6. The van der Waals surface area contributed by atoms with Gasteiger partial charge in [0, 0.05) is 32.9 Å². The molecular weight excluding hydrogens is 508 g/mol. The van der Waals surface area contributed by atoms with E-state index >= 15 is 0 Å². The molecule has 0 fully saturated rings. The number of aromatic nitrogens is 2. The number of benzene rings is 6. The second kappa shape index (κ2) is 10.4. The Kier molecular flexibility index (Phi) is 6.40. The molecule has 0 bridgehead atoms. The van der Waals surface area contributed by atoms with Crippen molar-refractivity contribution in [1.29, 1.82) is 0 Å². The fourth-order valence-electron chi connectivity index (χ4n) is 6.21. The molecule has 0 radical (unpaired) electrons. The van der Waals surface area contributed by atoms with Gasteiger partial charge in [-0.2, -0.15) is 0 Å². The third kappa shape index (κ3) is 4.46. The second-order valence-corrected chi connectivity index (χ2v) is 11.4. The van der Waals surface area contributed by atoms with Gasteiger partial charge in [0.05, 0.1) is 22.1 Å². The first-order valence-electron chi connectivity index (χ1n) is 14.6. The lowest BCUT2D eigenvalue weighted by Crippen LogP contribution is -1.92. The first kappa shape index (κ1) is 25.9. The molecule has 8 aromatic rings. The highest BCUT2D eigenvalue weighted by Crippen LogP contribution is 2.34. The second-order valence-electron chi connectivity index (χ2n) is 11.4. The highest BCUT2D eigenvalue weighted by atomic mass is 15.0. The molecule has 0 N–H and O–H groups in total. The van der Waals surface area contributed by atoms with Crippen LogP contribution in [0.25, 0.3) is 55.0 Å². The average Bonchev–Trinajstić information content (AvgIpc) is 3.49. The summed E-state index contributed by atoms with van der Waals surface area (Å²) in [6.07, 6.45) is 0. The Balaban J connectivity index is 0.000000137. The number of para-hydroxylation sites is 2. The van der Waals surface area contributed by atoms with E-state index in [0.29, 0.717) is 0 Å². The van der Waals surface area contributed by atoms with E-state index in [0.717, 1.165) is 0 Å². The van der Waals surface area contributed by atoms with Gasteiger partial charge in [-0.25, -0.2) is 0 Å². The van der Waals surface area contributed by atoms with Gasteiger partial charge >= 0.3 is 0 Å². The maximum absolute atomic E-state index is 2.35. The van der Waals surface area contributed by atoms with Gasteiger partial charge in [0.1, 0.15) is 0 Å². The summed E-state index contributed by atoms with van der Waals surface area (Å²) in [7, 11) is 0. The third-order valence-corrected chi connectivity index (χ3v) is 8.18. The van der Waals surface area contributed by atoms with Crippen LogP contribution in [0.5, 0.6) is 0 Å². The number of hydrogen-bond acceptors (Lipinski definition) is 0. The zero-order valence-electron chi connectivity index (χ0n) is 24.6. The van der Waals surface area contributed by atoms with Crippen molar-refractivity contribution in [2.24, 2.45) is 0 Å². The lowest BCUT2D eigenvalue weighted by molar-refractivity contribution is 1.18. The van der Waals surface area contributed by atoms with E-state index in [4.69, 9.17) is 0 Å².